The van der Waals surface area contributed by atoms with Gasteiger partial charge in [-0.25, -0.2) is 9.78 Å². The normalized spacial score (nSPS) is 11.3. The second kappa shape index (κ2) is 10.2. The number of nitriles is 1. The van der Waals surface area contributed by atoms with Gasteiger partial charge in [-0.15, -0.1) is 11.3 Å². The summed E-state index contributed by atoms with van der Waals surface area (Å²) in [6, 6.07) is 30.7. The highest BCUT2D eigenvalue weighted by atomic mass is 32.1. The van der Waals surface area contributed by atoms with Crippen LogP contribution < -0.4 is 0 Å². The van der Waals surface area contributed by atoms with Crippen LogP contribution >= 0.6 is 11.3 Å². The Morgan fingerprint density at radius 3 is 2.51 bits per heavy atom. The fourth-order valence-corrected chi connectivity index (χ4v) is 4.55. The molecule has 5 rings (SSSR count). The number of allylic oxidation sites excluding steroid dienone is 1. The first-order valence-corrected chi connectivity index (χ1v) is 11.9. The molecule has 0 amide bonds. The van der Waals surface area contributed by atoms with Gasteiger partial charge in [0.05, 0.1) is 28.0 Å². The molecule has 0 radical (unpaired) electrons. The molecule has 5 nitrogen and oxygen atoms in total. The quantitative estimate of drug-likeness (QED) is 0.186. The third-order valence-electron chi connectivity index (χ3n) is 5.43. The average molecular weight is 477 g/mol. The molecule has 0 N–H and O–H groups in total. The number of para-hydroxylation sites is 1. The summed E-state index contributed by atoms with van der Waals surface area (Å²) < 4.78 is 12.4. The van der Waals surface area contributed by atoms with E-state index in [2.05, 4.69) is 11.1 Å². The number of hydrogen-bond donors (Lipinski definition) is 0. The van der Waals surface area contributed by atoms with Gasteiger partial charge in [-0.2, -0.15) is 5.26 Å². The number of carbonyl (C=O) groups excluding carboxylic acids is 1. The maximum absolute atomic E-state index is 12.4. The first-order valence-electron chi connectivity index (χ1n) is 11.1. The van der Waals surface area contributed by atoms with E-state index >= 15 is 0 Å². The van der Waals surface area contributed by atoms with E-state index in [1.165, 1.54) is 11.3 Å². The minimum Gasteiger partial charge on any atom is -0.462 e. The zero-order valence-electron chi connectivity index (χ0n) is 18.7. The molecule has 0 saturated carbocycles. The first-order chi connectivity index (χ1) is 17.2. The van der Waals surface area contributed by atoms with Crippen LogP contribution in [0.15, 0.2) is 95.4 Å². The van der Waals surface area contributed by atoms with Crippen molar-refractivity contribution in [1.29, 1.82) is 5.26 Å². The Morgan fingerprint density at radius 2 is 1.74 bits per heavy atom. The summed E-state index contributed by atoms with van der Waals surface area (Å²) in [5.41, 5.74) is 3.74. The van der Waals surface area contributed by atoms with Crippen LogP contribution in [0.1, 0.15) is 26.7 Å². The van der Waals surface area contributed by atoms with Crippen molar-refractivity contribution in [1.82, 2.24) is 4.98 Å². The predicted molar refractivity (Wildman–Crippen MR) is 138 cm³/mol. The van der Waals surface area contributed by atoms with E-state index in [4.69, 9.17) is 9.15 Å². The fourth-order valence-electron chi connectivity index (χ4n) is 3.62. The van der Waals surface area contributed by atoms with Gasteiger partial charge in [0.1, 0.15) is 22.6 Å². The highest BCUT2D eigenvalue weighted by Crippen LogP contribution is 2.29. The second-order valence-corrected chi connectivity index (χ2v) is 8.84. The molecule has 0 unspecified atom stereocenters. The smallest absolute Gasteiger partial charge is 0.338 e. The third kappa shape index (κ3) is 5.21. The van der Waals surface area contributed by atoms with Crippen molar-refractivity contribution >= 4 is 39.2 Å². The Labute approximate surface area is 206 Å². The van der Waals surface area contributed by atoms with Gasteiger partial charge in [0.15, 0.2) is 0 Å². The van der Waals surface area contributed by atoms with Crippen LogP contribution in [0.5, 0.6) is 0 Å². The van der Waals surface area contributed by atoms with Crippen LogP contribution in [-0.4, -0.2) is 17.6 Å². The number of thiazole rings is 1. The molecule has 2 aromatic heterocycles. The number of hydrogen-bond acceptors (Lipinski definition) is 6. The molecule has 5 aromatic rings. The third-order valence-corrected chi connectivity index (χ3v) is 6.50. The van der Waals surface area contributed by atoms with E-state index in [-0.39, 0.29) is 5.97 Å². The van der Waals surface area contributed by atoms with Gasteiger partial charge < -0.3 is 9.15 Å². The number of carbonyl (C=O) groups is 1. The molecular formula is C29H20N2O3S. The van der Waals surface area contributed by atoms with E-state index in [9.17, 15) is 10.1 Å². The summed E-state index contributed by atoms with van der Waals surface area (Å²) in [4.78, 5) is 16.9. The molecule has 0 spiro atoms. The Morgan fingerprint density at radius 1 is 0.971 bits per heavy atom. The van der Waals surface area contributed by atoms with Gasteiger partial charge in [-0.3, -0.25) is 0 Å². The number of benzene rings is 3. The highest BCUT2D eigenvalue weighted by Gasteiger charge is 2.12. The number of ether oxygens (including phenoxy) is 1. The lowest BCUT2D eigenvalue weighted by atomic mass is 10.1. The Bertz CT molecular complexity index is 1510. The largest absolute Gasteiger partial charge is 0.462 e. The molecule has 35 heavy (non-hydrogen) atoms. The number of fused-ring (bicyclic) bond motifs is 1. The van der Waals surface area contributed by atoms with Crippen molar-refractivity contribution in [2.75, 3.05) is 6.61 Å². The summed E-state index contributed by atoms with van der Waals surface area (Å²) in [6.45, 7) is 0.328. The lowest BCUT2D eigenvalue weighted by molar-refractivity contribution is 0.0509. The second-order valence-electron chi connectivity index (χ2n) is 7.81. The Hall–Kier alpha value is -4.47. The van der Waals surface area contributed by atoms with Crippen LogP contribution in [0.25, 0.3) is 33.2 Å². The molecule has 0 fully saturated rings. The van der Waals surface area contributed by atoms with Crippen molar-refractivity contribution in [2.24, 2.45) is 0 Å². The molecule has 0 atom stereocenters. The number of furan rings is 1. The lowest BCUT2D eigenvalue weighted by Gasteiger charge is -2.05. The van der Waals surface area contributed by atoms with E-state index in [0.29, 0.717) is 40.7 Å². The van der Waals surface area contributed by atoms with Crippen LogP contribution in [0.3, 0.4) is 0 Å². The van der Waals surface area contributed by atoms with Gasteiger partial charge in [-0.05, 0) is 42.0 Å². The molecule has 6 heteroatoms. The number of esters is 1. The molecule has 0 aliphatic rings. The van der Waals surface area contributed by atoms with Crippen molar-refractivity contribution in [3.8, 4) is 17.4 Å². The van der Waals surface area contributed by atoms with E-state index < -0.39 is 0 Å². The SMILES string of the molecule is N#C/C(=C/c1ccc(-c2ccc(C(=O)OCCc3ccccc3)cc2)o1)c1nc2ccccc2s1. The summed E-state index contributed by atoms with van der Waals surface area (Å²) >= 11 is 1.47. The monoisotopic (exact) mass is 476 g/mol. The van der Waals surface area contributed by atoms with Crippen molar-refractivity contribution in [3.63, 3.8) is 0 Å². The van der Waals surface area contributed by atoms with Crippen molar-refractivity contribution in [2.45, 2.75) is 6.42 Å². The summed E-state index contributed by atoms with van der Waals surface area (Å²) in [6.07, 6.45) is 2.37. The fraction of sp³-hybridized carbons (Fsp3) is 0.0690. The van der Waals surface area contributed by atoms with Crippen LogP contribution in [-0.2, 0) is 11.2 Å². The minimum absolute atomic E-state index is 0.328. The van der Waals surface area contributed by atoms with E-state index in [1.807, 2.05) is 78.9 Å². The predicted octanol–water partition coefficient (Wildman–Crippen LogP) is 7.02. The highest BCUT2D eigenvalue weighted by molar-refractivity contribution is 7.19. The first kappa shape index (κ1) is 22.3. The standard InChI is InChI=1S/C29H20N2O3S/c30-19-23(28-31-25-8-4-5-9-27(25)35-28)18-24-14-15-26(34-24)21-10-12-22(13-11-21)29(32)33-17-16-20-6-2-1-3-7-20/h1-15,18H,16-17H2/b23-18-. The van der Waals surface area contributed by atoms with E-state index in [0.717, 1.165) is 21.3 Å². The summed E-state index contributed by atoms with van der Waals surface area (Å²) in [5.74, 6) is 0.840. The molecule has 170 valence electrons. The van der Waals surface area contributed by atoms with Crippen molar-refractivity contribution in [3.05, 3.63) is 113 Å². The lowest BCUT2D eigenvalue weighted by Crippen LogP contribution is -2.08. The maximum atomic E-state index is 12.4. The molecule has 0 saturated heterocycles. The van der Waals surface area contributed by atoms with Gasteiger partial charge in [0.25, 0.3) is 0 Å². The molecule has 0 aliphatic carbocycles. The van der Waals surface area contributed by atoms with Gasteiger partial charge in [-0.1, -0.05) is 54.6 Å². The molecule has 0 aliphatic heterocycles. The molecule has 3 aromatic carbocycles. The van der Waals surface area contributed by atoms with Crippen LogP contribution in [0, 0.1) is 11.3 Å². The molecule has 0 bridgehead atoms. The molecular weight excluding hydrogens is 456 g/mol. The number of rotatable bonds is 7. The van der Waals surface area contributed by atoms with Crippen LogP contribution in [0.4, 0.5) is 0 Å². The van der Waals surface area contributed by atoms with Gasteiger partial charge in [0, 0.05) is 18.1 Å². The summed E-state index contributed by atoms with van der Waals surface area (Å²) in [5, 5.41) is 10.3. The van der Waals surface area contributed by atoms with Crippen molar-refractivity contribution < 1.29 is 13.9 Å². The topological polar surface area (TPSA) is 76.1 Å². The Kier molecular flexibility index (Phi) is 6.51. The maximum Gasteiger partial charge on any atom is 0.338 e. The molecule has 2 heterocycles. The zero-order valence-corrected chi connectivity index (χ0v) is 19.5. The minimum atomic E-state index is -0.356. The average Bonchev–Trinajstić information content (AvgIpc) is 3.55. The van der Waals surface area contributed by atoms with Crippen LogP contribution in [0.2, 0.25) is 0 Å². The summed E-state index contributed by atoms with van der Waals surface area (Å²) in [7, 11) is 0. The Balaban J connectivity index is 1.26. The number of nitrogens with zero attached hydrogens (tertiary/aromatic N) is 2. The zero-order chi connectivity index (χ0) is 24.0. The van der Waals surface area contributed by atoms with Gasteiger partial charge >= 0.3 is 5.97 Å². The van der Waals surface area contributed by atoms with Gasteiger partial charge in [0.2, 0.25) is 0 Å². The van der Waals surface area contributed by atoms with E-state index in [1.54, 1.807) is 18.2 Å². The number of aromatic nitrogens is 1.